The number of rotatable bonds is 5. The molecule has 100 valence electrons. The summed E-state index contributed by atoms with van der Waals surface area (Å²) in [6.45, 7) is 1.34. The van der Waals surface area contributed by atoms with Gasteiger partial charge in [-0.25, -0.2) is 0 Å². The lowest BCUT2D eigenvalue weighted by atomic mass is 10.0. The standard InChI is InChI=1S/C12H13N3O4/c1-2-11(17)19-7-9-5-8(6-16)3-4-10(9)12(18)14-15-13/h3-5,16H,2,6-7H2,1H3. The maximum Gasteiger partial charge on any atom is 0.305 e. The highest BCUT2D eigenvalue weighted by Crippen LogP contribution is 2.15. The van der Waals surface area contributed by atoms with Gasteiger partial charge in [0.15, 0.2) is 0 Å². The Morgan fingerprint density at radius 1 is 1.47 bits per heavy atom. The summed E-state index contributed by atoms with van der Waals surface area (Å²) in [6, 6.07) is 4.49. The molecule has 0 aliphatic carbocycles. The number of carbonyl (C=O) groups is 2. The number of hydrogen-bond donors (Lipinski definition) is 1. The van der Waals surface area contributed by atoms with Crippen LogP contribution in [0.1, 0.15) is 34.8 Å². The van der Waals surface area contributed by atoms with Crippen LogP contribution in [0.2, 0.25) is 0 Å². The fourth-order valence-electron chi connectivity index (χ4n) is 1.43. The first kappa shape index (κ1) is 14.7. The summed E-state index contributed by atoms with van der Waals surface area (Å²) in [4.78, 5) is 25.1. The lowest BCUT2D eigenvalue weighted by Gasteiger charge is -2.09. The molecule has 0 aromatic heterocycles. The second-order valence-electron chi connectivity index (χ2n) is 3.66. The summed E-state index contributed by atoms with van der Waals surface area (Å²) in [5.41, 5.74) is 9.37. The molecule has 0 bridgehead atoms. The normalized spacial score (nSPS) is 9.58. The number of benzene rings is 1. The highest BCUT2D eigenvalue weighted by atomic mass is 16.5. The van der Waals surface area contributed by atoms with E-state index >= 15 is 0 Å². The summed E-state index contributed by atoms with van der Waals surface area (Å²) in [7, 11) is 0. The van der Waals surface area contributed by atoms with E-state index in [9.17, 15) is 9.59 Å². The van der Waals surface area contributed by atoms with Crippen molar-refractivity contribution >= 4 is 11.9 Å². The fourth-order valence-corrected chi connectivity index (χ4v) is 1.43. The maximum absolute atomic E-state index is 11.6. The first-order valence-electron chi connectivity index (χ1n) is 5.60. The summed E-state index contributed by atoms with van der Waals surface area (Å²) in [5.74, 6) is -1.16. The number of aliphatic hydroxyl groups is 1. The van der Waals surface area contributed by atoms with Gasteiger partial charge in [0.25, 0.3) is 0 Å². The number of hydrogen-bond acceptors (Lipinski definition) is 4. The molecular weight excluding hydrogens is 250 g/mol. The highest BCUT2D eigenvalue weighted by molar-refractivity contribution is 5.96. The number of esters is 1. The molecule has 1 N–H and O–H groups in total. The quantitative estimate of drug-likeness (QED) is 0.379. The molecule has 1 aromatic rings. The molecular formula is C12H13N3O4. The van der Waals surface area contributed by atoms with Crippen LogP contribution in [0.5, 0.6) is 0 Å². The van der Waals surface area contributed by atoms with Gasteiger partial charge in [-0.3, -0.25) is 9.59 Å². The van der Waals surface area contributed by atoms with E-state index in [1.165, 1.54) is 18.2 Å². The van der Waals surface area contributed by atoms with Crippen molar-refractivity contribution in [2.24, 2.45) is 5.11 Å². The first-order chi connectivity index (χ1) is 9.12. The average Bonchev–Trinajstić information content (AvgIpc) is 2.44. The van der Waals surface area contributed by atoms with Crippen LogP contribution in [0.15, 0.2) is 23.3 Å². The van der Waals surface area contributed by atoms with Crippen LogP contribution in [0.25, 0.3) is 10.4 Å². The van der Waals surface area contributed by atoms with E-state index in [1.54, 1.807) is 6.92 Å². The average molecular weight is 263 g/mol. The van der Waals surface area contributed by atoms with E-state index in [1.807, 2.05) is 0 Å². The minimum absolute atomic E-state index is 0.109. The Labute approximate surface area is 109 Å². The van der Waals surface area contributed by atoms with Crippen molar-refractivity contribution in [1.82, 2.24) is 0 Å². The molecule has 0 saturated carbocycles. The third-order valence-electron chi connectivity index (χ3n) is 2.40. The Morgan fingerprint density at radius 2 is 2.21 bits per heavy atom. The zero-order chi connectivity index (χ0) is 14.3. The predicted octanol–water partition coefficient (Wildman–Crippen LogP) is 2.08. The number of ether oxygens (including phenoxy) is 1. The largest absolute Gasteiger partial charge is 0.461 e. The molecule has 0 saturated heterocycles. The molecule has 0 unspecified atom stereocenters. The molecule has 0 aliphatic rings. The molecule has 7 nitrogen and oxygen atoms in total. The van der Waals surface area contributed by atoms with Gasteiger partial charge in [-0.05, 0) is 22.3 Å². The molecule has 1 amide bonds. The summed E-state index contributed by atoms with van der Waals surface area (Å²) in [5, 5.41) is 12.0. The van der Waals surface area contributed by atoms with Gasteiger partial charge in [0, 0.05) is 22.5 Å². The molecule has 7 heteroatoms. The van der Waals surface area contributed by atoms with E-state index in [0.29, 0.717) is 11.1 Å². The third-order valence-corrected chi connectivity index (χ3v) is 2.40. The van der Waals surface area contributed by atoms with Crippen molar-refractivity contribution in [3.8, 4) is 0 Å². The molecule has 19 heavy (non-hydrogen) atoms. The molecule has 0 aliphatic heterocycles. The minimum Gasteiger partial charge on any atom is -0.461 e. The van der Waals surface area contributed by atoms with Crippen molar-refractivity contribution in [1.29, 1.82) is 0 Å². The van der Waals surface area contributed by atoms with Gasteiger partial charge in [0.2, 0.25) is 5.91 Å². The zero-order valence-corrected chi connectivity index (χ0v) is 10.4. The number of aliphatic hydroxyl groups excluding tert-OH is 1. The van der Waals surface area contributed by atoms with Crippen molar-refractivity contribution < 1.29 is 19.4 Å². The van der Waals surface area contributed by atoms with E-state index in [4.69, 9.17) is 15.4 Å². The smallest absolute Gasteiger partial charge is 0.305 e. The molecule has 0 radical (unpaired) electrons. The van der Waals surface area contributed by atoms with Gasteiger partial charge in [-0.15, -0.1) is 0 Å². The van der Waals surface area contributed by atoms with E-state index < -0.39 is 11.9 Å². The topological polar surface area (TPSA) is 112 Å². The molecule has 0 spiro atoms. The fraction of sp³-hybridized carbons (Fsp3) is 0.333. The number of carbonyl (C=O) groups excluding carboxylic acids is 2. The first-order valence-corrected chi connectivity index (χ1v) is 5.60. The Bertz CT molecular complexity index is 536. The monoisotopic (exact) mass is 263 g/mol. The SMILES string of the molecule is CCC(=O)OCc1cc(CO)ccc1C(=O)N=[N+]=[N-]. The second-order valence-corrected chi connectivity index (χ2v) is 3.66. The van der Waals surface area contributed by atoms with Crippen LogP contribution >= 0.6 is 0 Å². The molecule has 0 atom stereocenters. The molecule has 1 aromatic carbocycles. The van der Waals surface area contributed by atoms with Gasteiger partial charge in [-0.1, -0.05) is 19.1 Å². The van der Waals surface area contributed by atoms with Crippen LogP contribution in [0, 0.1) is 0 Å². The van der Waals surface area contributed by atoms with E-state index in [-0.39, 0.29) is 25.2 Å². The Balaban J connectivity index is 3.05. The lowest BCUT2D eigenvalue weighted by molar-refractivity contribution is -0.144. The molecule has 0 fully saturated rings. The van der Waals surface area contributed by atoms with Crippen molar-refractivity contribution in [3.63, 3.8) is 0 Å². The molecule has 0 heterocycles. The predicted molar refractivity (Wildman–Crippen MR) is 65.9 cm³/mol. The lowest BCUT2D eigenvalue weighted by Crippen LogP contribution is -2.07. The van der Waals surface area contributed by atoms with Crippen molar-refractivity contribution in [3.05, 3.63) is 45.3 Å². The highest BCUT2D eigenvalue weighted by Gasteiger charge is 2.12. The van der Waals surface area contributed by atoms with Gasteiger partial charge in [0.05, 0.1) is 6.61 Å². The number of nitrogens with zero attached hydrogens (tertiary/aromatic N) is 3. The summed E-state index contributed by atoms with van der Waals surface area (Å²) < 4.78 is 4.94. The minimum atomic E-state index is -0.755. The van der Waals surface area contributed by atoms with Crippen LogP contribution < -0.4 is 0 Å². The van der Waals surface area contributed by atoms with E-state index in [0.717, 1.165) is 0 Å². The Morgan fingerprint density at radius 3 is 2.79 bits per heavy atom. The van der Waals surface area contributed by atoms with Crippen molar-refractivity contribution in [2.75, 3.05) is 0 Å². The number of azide groups is 1. The van der Waals surface area contributed by atoms with E-state index in [2.05, 4.69) is 10.0 Å². The third kappa shape index (κ3) is 4.09. The van der Waals surface area contributed by atoms with Crippen LogP contribution in [-0.4, -0.2) is 17.0 Å². The summed E-state index contributed by atoms with van der Waals surface area (Å²) >= 11 is 0. The van der Waals surface area contributed by atoms with Crippen molar-refractivity contribution in [2.45, 2.75) is 26.6 Å². The Kier molecular flexibility index (Phi) is 5.53. The Hall–Kier alpha value is -2.37. The van der Waals surface area contributed by atoms with Crippen LogP contribution in [0.4, 0.5) is 0 Å². The van der Waals surface area contributed by atoms with Gasteiger partial charge in [0.1, 0.15) is 6.61 Å². The zero-order valence-electron chi connectivity index (χ0n) is 10.4. The number of amides is 1. The van der Waals surface area contributed by atoms with Gasteiger partial charge in [-0.2, -0.15) is 0 Å². The van der Waals surface area contributed by atoms with Gasteiger partial charge >= 0.3 is 5.97 Å². The second kappa shape index (κ2) is 7.15. The maximum atomic E-state index is 11.6. The summed E-state index contributed by atoms with van der Waals surface area (Å²) in [6.07, 6.45) is 0.222. The van der Waals surface area contributed by atoms with Gasteiger partial charge < -0.3 is 9.84 Å². The van der Waals surface area contributed by atoms with Crippen LogP contribution in [-0.2, 0) is 22.7 Å². The van der Waals surface area contributed by atoms with Crippen LogP contribution in [0.3, 0.4) is 0 Å². The molecule has 1 rings (SSSR count).